The number of nitro benzene ring substituents is 1. The van der Waals surface area contributed by atoms with Crippen molar-refractivity contribution in [3.05, 3.63) is 121 Å². The van der Waals surface area contributed by atoms with Crippen molar-refractivity contribution in [2.75, 3.05) is 16.8 Å². The van der Waals surface area contributed by atoms with Crippen LogP contribution in [-0.2, 0) is 14.4 Å². The fraction of sp³-hybridized carbons (Fsp3) is 0.243. The molecule has 2 N–H and O–H groups in total. The maximum absolute atomic E-state index is 14.0. The summed E-state index contributed by atoms with van der Waals surface area (Å²) in [5, 5.41) is 16.9. The number of nitro groups is 1. The quantitative estimate of drug-likeness (QED) is 0.116. The van der Waals surface area contributed by atoms with Crippen LogP contribution in [0.1, 0.15) is 22.8 Å². The van der Waals surface area contributed by atoms with Gasteiger partial charge in [-0.15, -0.1) is 11.8 Å². The Labute approximate surface area is 292 Å². The average molecular weight is 705 g/mol. The van der Waals surface area contributed by atoms with Crippen molar-refractivity contribution >= 4 is 68.7 Å². The van der Waals surface area contributed by atoms with Gasteiger partial charge in [0.15, 0.2) is 6.61 Å². The first-order chi connectivity index (χ1) is 24.3. The zero-order valence-electron chi connectivity index (χ0n) is 26.2. The molecule has 4 unspecified atom stereocenters. The van der Waals surface area contributed by atoms with Gasteiger partial charge in [-0.25, -0.2) is 0 Å². The number of benzene rings is 4. The zero-order chi connectivity index (χ0) is 34.3. The van der Waals surface area contributed by atoms with Crippen LogP contribution in [0.5, 0.6) is 5.75 Å². The lowest BCUT2D eigenvalue weighted by atomic mass is 9.68. The Morgan fingerprint density at radius 1 is 0.920 bits per heavy atom. The minimum absolute atomic E-state index is 0.0111. The molecule has 0 spiro atoms. The molecule has 2 aliphatic heterocycles. The highest BCUT2D eigenvalue weighted by atomic mass is 32.2. The molecule has 11 nitrogen and oxygen atoms in total. The van der Waals surface area contributed by atoms with E-state index in [4.69, 9.17) is 4.74 Å². The predicted molar refractivity (Wildman–Crippen MR) is 189 cm³/mol. The Bertz CT molecular complexity index is 2280. The van der Waals surface area contributed by atoms with E-state index in [1.165, 1.54) is 40.5 Å². The molecular formula is C37H28N4O7S2. The molecular weight excluding hydrogens is 677 g/mol. The largest absolute Gasteiger partial charge is 0.484 e. The standard InChI is InChI=1S/C37H28N4O7S2/c42-27(38-26-7-3-5-18-4-1-2-6-23(18)26)17-48-22-14-8-19(9-15-22)28-29-24-16-25(32(29)49-34-33(28)50-37(45)39-34)31-30(24)35(43)40(36(31)44)20-10-12-21(13-11-20)41(46)47/h1-15,24-25,28-32H,16-17H2,(H,38,42)(H,39,45)/t24-,25-,28-,29?,30?,31?,32?/m1/s1. The molecule has 2 saturated carbocycles. The number of thiazole rings is 1. The Kier molecular flexibility index (Phi) is 7.18. The molecule has 4 aliphatic rings. The van der Waals surface area contributed by atoms with Crippen LogP contribution in [0.4, 0.5) is 17.1 Å². The van der Waals surface area contributed by atoms with Crippen LogP contribution in [0, 0.1) is 39.7 Å². The van der Waals surface area contributed by atoms with E-state index in [1.807, 2.05) is 66.7 Å². The van der Waals surface area contributed by atoms with E-state index in [0.29, 0.717) is 17.1 Å². The summed E-state index contributed by atoms with van der Waals surface area (Å²) in [6, 6.07) is 26.6. The highest BCUT2D eigenvalue weighted by Gasteiger charge is 2.69. The topological polar surface area (TPSA) is 152 Å². The lowest BCUT2D eigenvalue weighted by molar-refractivity contribution is -0.384. The summed E-state index contributed by atoms with van der Waals surface area (Å²) >= 11 is 2.79. The number of nitrogens with one attached hydrogen (secondary N) is 2. The number of amides is 3. The third-order valence-electron chi connectivity index (χ3n) is 10.7. The second-order valence-corrected chi connectivity index (χ2v) is 15.4. The number of thioether (sulfide) groups is 1. The third-order valence-corrected chi connectivity index (χ3v) is 13.3. The Morgan fingerprint density at radius 2 is 1.64 bits per heavy atom. The molecule has 7 atom stereocenters. The first-order valence-electron chi connectivity index (χ1n) is 16.3. The Hall–Kier alpha value is -5.27. The van der Waals surface area contributed by atoms with Crippen molar-refractivity contribution in [2.45, 2.75) is 22.6 Å². The van der Waals surface area contributed by atoms with Crippen molar-refractivity contribution < 1.29 is 24.0 Å². The molecule has 50 heavy (non-hydrogen) atoms. The molecule has 0 radical (unpaired) electrons. The van der Waals surface area contributed by atoms with Crippen LogP contribution in [0.15, 0.2) is 101 Å². The SMILES string of the molecule is O=C(COc1ccc([C@H]2c3sc(=O)[nH]c3SC3C2[C@H]2C[C@@H]3C3C(=O)N(c4ccc([N+](=O)[O-])cc4)C(=O)C32)cc1)Nc1cccc2ccccc12. The van der Waals surface area contributed by atoms with E-state index in [1.54, 1.807) is 11.8 Å². The van der Waals surface area contributed by atoms with Crippen LogP contribution in [0.3, 0.4) is 0 Å². The first kappa shape index (κ1) is 30.8. The minimum Gasteiger partial charge on any atom is -0.484 e. The second kappa shape index (κ2) is 11.7. The van der Waals surface area contributed by atoms with Gasteiger partial charge in [-0.2, -0.15) is 0 Å². The summed E-state index contributed by atoms with van der Waals surface area (Å²) < 4.78 is 5.87. The van der Waals surface area contributed by atoms with Crippen LogP contribution >= 0.6 is 23.1 Å². The summed E-state index contributed by atoms with van der Waals surface area (Å²) in [5.41, 5.74) is 1.91. The fourth-order valence-corrected chi connectivity index (χ4v) is 11.7. The maximum Gasteiger partial charge on any atom is 0.305 e. The van der Waals surface area contributed by atoms with Crippen LogP contribution in [-0.4, -0.2) is 39.5 Å². The summed E-state index contributed by atoms with van der Waals surface area (Å²) in [6.07, 6.45) is 0.742. The van der Waals surface area contributed by atoms with Crippen molar-refractivity contribution in [1.82, 2.24) is 4.98 Å². The van der Waals surface area contributed by atoms with Gasteiger partial charge in [-0.3, -0.25) is 34.2 Å². The van der Waals surface area contributed by atoms with E-state index in [-0.39, 0.29) is 63.8 Å². The number of nitrogens with zero attached hydrogens (tertiary/aromatic N) is 2. The zero-order valence-corrected chi connectivity index (χ0v) is 27.8. The van der Waals surface area contributed by atoms with Crippen molar-refractivity contribution in [3.8, 4) is 5.75 Å². The number of fused-ring (bicyclic) bond motifs is 10. The predicted octanol–water partition coefficient (Wildman–Crippen LogP) is 6.19. The number of non-ortho nitro benzene ring substituents is 1. The van der Waals surface area contributed by atoms with E-state index in [0.717, 1.165) is 32.7 Å². The second-order valence-electron chi connectivity index (χ2n) is 13.2. The minimum atomic E-state index is -0.514. The van der Waals surface area contributed by atoms with Gasteiger partial charge in [0.1, 0.15) is 5.75 Å². The number of hydrogen-bond acceptors (Lipinski definition) is 9. The number of carbonyl (C=O) groups excluding carboxylic acids is 3. The molecule has 4 aromatic carbocycles. The van der Waals surface area contributed by atoms with Gasteiger partial charge in [0.25, 0.3) is 11.6 Å². The monoisotopic (exact) mass is 704 g/mol. The number of H-pyrrole nitrogens is 1. The van der Waals surface area contributed by atoms with Gasteiger partial charge >= 0.3 is 4.87 Å². The summed E-state index contributed by atoms with van der Waals surface area (Å²) in [6.45, 7) is -0.175. The van der Waals surface area contributed by atoms with Crippen molar-refractivity contribution in [1.29, 1.82) is 0 Å². The number of aromatic nitrogens is 1. The molecule has 3 amide bonds. The molecule has 1 aromatic heterocycles. The number of imide groups is 1. The number of hydrogen-bond donors (Lipinski definition) is 2. The fourth-order valence-electron chi connectivity index (χ4n) is 8.81. The number of aromatic amines is 1. The van der Waals surface area contributed by atoms with E-state index in [9.17, 15) is 29.3 Å². The van der Waals surface area contributed by atoms with Crippen LogP contribution in [0.25, 0.3) is 10.8 Å². The summed E-state index contributed by atoms with van der Waals surface area (Å²) in [5.74, 6) is -1.54. The molecule has 13 heteroatoms. The number of rotatable bonds is 7. The van der Waals surface area contributed by atoms with Crippen LogP contribution < -0.4 is 19.8 Å². The van der Waals surface area contributed by atoms with Crippen molar-refractivity contribution in [3.63, 3.8) is 0 Å². The number of anilines is 2. The van der Waals surface area contributed by atoms with E-state index >= 15 is 0 Å². The first-order valence-corrected chi connectivity index (χ1v) is 18.0. The Morgan fingerprint density at radius 3 is 2.40 bits per heavy atom. The highest BCUT2D eigenvalue weighted by Crippen LogP contribution is 2.68. The molecule has 3 fully saturated rings. The molecule has 1 saturated heterocycles. The van der Waals surface area contributed by atoms with Gasteiger partial charge in [0.05, 0.1) is 27.5 Å². The lowest BCUT2D eigenvalue weighted by Gasteiger charge is -2.43. The Balaban J connectivity index is 0.961. The van der Waals surface area contributed by atoms with Gasteiger partial charge in [-0.1, -0.05) is 59.9 Å². The molecule has 9 rings (SSSR count). The van der Waals surface area contributed by atoms with Crippen LogP contribution in [0.2, 0.25) is 0 Å². The summed E-state index contributed by atoms with van der Waals surface area (Å²) in [4.78, 5) is 69.0. The smallest absolute Gasteiger partial charge is 0.305 e. The van der Waals surface area contributed by atoms with E-state index in [2.05, 4.69) is 10.3 Å². The highest BCUT2D eigenvalue weighted by molar-refractivity contribution is 8.00. The lowest BCUT2D eigenvalue weighted by Crippen LogP contribution is -2.42. The summed E-state index contributed by atoms with van der Waals surface area (Å²) in [7, 11) is 0. The number of carbonyl (C=O) groups is 3. The van der Waals surface area contributed by atoms with Gasteiger partial charge in [-0.05, 0) is 65.5 Å². The van der Waals surface area contributed by atoms with E-state index < -0.39 is 16.8 Å². The molecule has 2 aliphatic carbocycles. The molecule has 5 aromatic rings. The third kappa shape index (κ3) is 4.78. The normalized spacial score (nSPS) is 26.1. The molecule has 2 bridgehead atoms. The molecule has 250 valence electrons. The van der Waals surface area contributed by atoms with Gasteiger partial charge in [0, 0.05) is 39.3 Å². The maximum atomic E-state index is 14.0. The average Bonchev–Trinajstić information content (AvgIpc) is 3.86. The van der Waals surface area contributed by atoms with Gasteiger partial charge < -0.3 is 15.0 Å². The molecule has 3 heterocycles. The van der Waals surface area contributed by atoms with Gasteiger partial charge in [0.2, 0.25) is 11.8 Å². The van der Waals surface area contributed by atoms with Crippen molar-refractivity contribution in [2.24, 2.45) is 29.6 Å². The number of ether oxygens (including phenoxy) is 1.